The normalized spacial score (nSPS) is 20.2. The number of anilines is 3. The maximum atomic E-state index is 6.25. The standard InChI is InChI=1S/C32H43N9O/c1-21(2)41-32-23(18-36-41)6-11-30(39-32)38-31-16-29(37-24-7-4-22(17-33)5-8-24)27(20-35-31)28-10-9-26(19-34-28)42-25-12-14-40(3)15-13-25/h6,9-11,16,18-22,24-25H,4-5,7-8,12-15,17,33H2,1-3H3,(H2,35,37,38,39). The van der Waals surface area contributed by atoms with Gasteiger partial charge >= 0.3 is 0 Å². The molecule has 6 rings (SSSR count). The number of fused-ring (bicyclic) bond motifs is 1. The first-order valence-corrected chi connectivity index (χ1v) is 15.3. The van der Waals surface area contributed by atoms with Gasteiger partial charge in [-0.15, -0.1) is 0 Å². The number of nitrogens with zero attached hydrogens (tertiary/aromatic N) is 6. The van der Waals surface area contributed by atoms with Crippen molar-refractivity contribution in [2.75, 3.05) is 37.3 Å². The van der Waals surface area contributed by atoms with Crippen molar-refractivity contribution in [3.05, 3.63) is 48.9 Å². The average Bonchev–Trinajstić information content (AvgIpc) is 3.43. The molecule has 2 aliphatic rings. The predicted molar refractivity (Wildman–Crippen MR) is 168 cm³/mol. The van der Waals surface area contributed by atoms with Crippen molar-refractivity contribution >= 4 is 28.4 Å². The van der Waals surface area contributed by atoms with E-state index >= 15 is 0 Å². The summed E-state index contributed by atoms with van der Waals surface area (Å²) >= 11 is 0. The van der Waals surface area contributed by atoms with Crippen molar-refractivity contribution in [3.63, 3.8) is 0 Å². The van der Waals surface area contributed by atoms with Gasteiger partial charge in [-0.1, -0.05) is 0 Å². The van der Waals surface area contributed by atoms with Gasteiger partial charge in [0.1, 0.15) is 23.5 Å². The third kappa shape index (κ3) is 6.50. The van der Waals surface area contributed by atoms with Gasteiger partial charge in [-0.2, -0.15) is 5.10 Å². The number of aromatic nitrogens is 5. The van der Waals surface area contributed by atoms with E-state index in [9.17, 15) is 0 Å². The minimum Gasteiger partial charge on any atom is -0.489 e. The van der Waals surface area contributed by atoms with Gasteiger partial charge in [0.25, 0.3) is 0 Å². The van der Waals surface area contributed by atoms with Crippen molar-refractivity contribution in [2.45, 2.75) is 70.6 Å². The second-order valence-electron chi connectivity index (χ2n) is 12.1. The minimum atomic E-state index is 0.224. The van der Waals surface area contributed by atoms with Crippen LogP contribution in [0.5, 0.6) is 5.75 Å². The van der Waals surface area contributed by atoms with E-state index in [-0.39, 0.29) is 12.1 Å². The zero-order valence-corrected chi connectivity index (χ0v) is 25.0. The van der Waals surface area contributed by atoms with Gasteiger partial charge in [-0.3, -0.25) is 4.98 Å². The van der Waals surface area contributed by atoms with Gasteiger partial charge in [-0.05, 0) is 96.1 Å². The zero-order chi connectivity index (χ0) is 29.1. The summed E-state index contributed by atoms with van der Waals surface area (Å²) in [5.41, 5.74) is 9.65. The van der Waals surface area contributed by atoms with Crippen LogP contribution in [-0.2, 0) is 0 Å². The van der Waals surface area contributed by atoms with E-state index in [1.807, 2.05) is 47.5 Å². The van der Waals surface area contributed by atoms with Crippen LogP contribution < -0.4 is 21.1 Å². The molecule has 4 N–H and O–H groups in total. The van der Waals surface area contributed by atoms with E-state index in [0.29, 0.717) is 12.0 Å². The van der Waals surface area contributed by atoms with Crippen LogP contribution in [0, 0.1) is 5.92 Å². The molecule has 2 fully saturated rings. The zero-order valence-electron chi connectivity index (χ0n) is 25.0. The van der Waals surface area contributed by atoms with Crippen molar-refractivity contribution < 1.29 is 4.74 Å². The summed E-state index contributed by atoms with van der Waals surface area (Å²) in [5, 5.41) is 12.8. The molecule has 5 heterocycles. The third-order valence-electron chi connectivity index (χ3n) is 8.61. The summed E-state index contributed by atoms with van der Waals surface area (Å²) in [6.45, 7) is 7.11. The number of ether oxygens (including phenoxy) is 1. The van der Waals surface area contributed by atoms with Crippen molar-refractivity contribution in [2.24, 2.45) is 11.7 Å². The SMILES string of the molecule is CC(C)n1ncc2ccc(Nc3cc(NC4CCC(CN)CC4)c(-c4ccc(OC5CCN(C)CC5)cn4)cn3)nc21. The fraction of sp³-hybridized carbons (Fsp3) is 0.500. The Bertz CT molecular complexity index is 1470. The Hall–Kier alpha value is -3.76. The Labute approximate surface area is 248 Å². The molecule has 0 bridgehead atoms. The Morgan fingerprint density at radius 2 is 1.76 bits per heavy atom. The molecule has 0 unspecified atom stereocenters. The lowest BCUT2D eigenvalue weighted by atomic mass is 9.86. The number of hydrogen-bond acceptors (Lipinski definition) is 9. The van der Waals surface area contributed by atoms with Crippen LogP contribution >= 0.6 is 0 Å². The summed E-state index contributed by atoms with van der Waals surface area (Å²) in [4.78, 5) is 16.8. The van der Waals surface area contributed by atoms with Gasteiger partial charge in [0.2, 0.25) is 0 Å². The Morgan fingerprint density at radius 3 is 2.48 bits per heavy atom. The van der Waals surface area contributed by atoms with Crippen LogP contribution in [0.3, 0.4) is 0 Å². The maximum Gasteiger partial charge on any atom is 0.160 e. The molecule has 42 heavy (non-hydrogen) atoms. The van der Waals surface area contributed by atoms with Crippen LogP contribution in [0.1, 0.15) is 58.4 Å². The van der Waals surface area contributed by atoms with Gasteiger partial charge in [0, 0.05) is 54.1 Å². The molecule has 0 spiro atoms. The van der Waals surface area contributed by atoms with Crippen molar-refractivity contribution in [1.29, 1.82) is 0 Å². The van der Waals surface area contributed by atoms with Gasteiger partial charge in [0.15, 0.2) is 5.65 Å². The lowest BCUT2D eigenvalue weighted by Crippen LogP contribution is -2.35. The fourth-order valence-corrected chi connectivity index (χ4v) is 6.02. The Morgan fingerprint density at radius 1 is 0.952 bits per heavy atom. The van der Waals surface area contributed by atoms with Gasteiger partial charge in [-0.25, -0.2) is 14.6 Å². The second kappa shape index (κ2) is 12.6. The molecule has 4 aromatic rings. The van der Waals surface area contributed by atoms with Crippen molar-refractivity contribution in [3.8, 4) is 17.0 Å². The molecule has 0 amide bonds. The quantitative estimate of drug-likeness (QED) is 0.236. The monoisotopic (exact) mass is 569 g/mol. The molecule has 0 aromatic carbocycles. The van der Waals surface area contributed by atoms with E-state index < -0.39 is 0 Å². The molecule has 4 aromatic heterocycles. The van der Waals surface area contributed by atoms with E-state index in [2.05, 4.69) is 47.6 Å². The van der Waals surface area contributed by atoms with Gasteiger partial charge in [0.05, 0.1) is 18.1 Å². The lowest BCUT2D eigenvalue weighted by Gasteiger charge is -2.30. The molecule has 0 atom stereocenters. The number of pyridine rings is 3. The fourth-order valence-electron chi connectivity index (χ4n) is 6.02. The molecule has 1 aliphatic heterocycles. The number of hydrogen-bond donors (Lipinski definition) is 3. The number of rotatable bonds is 9. The molecule has 10 nitrogen and oxygen atoms in total. The number of nitrogens with two attached hydrogens (primary N) is 1. The van der Waals surface area contributed by atoms with Crippen LogP contribution in [-0.4, -0.2) is 68.5 Å². The van der Waals surface area contributed by atoms with E-state index in [1.54, 1.807) is 0 Å². The molecule has 1 saturated heterocycles. The lowest BCUT2D eigenvalue weighted by molar-refractivity contribution is 0.114. The highest BCUT2D eigenvalue weighted by molar-refractivity contribution is 5.80. The number of piperidine rings is 1. The maximum absolute atomic E-state index is 6.25. The Balaban J connectivity index is 1.24. The smallest absolute Gasteiger partial charge is 0.160 e. The molecule has 0 radical (unpaired) electrons. The van der Waals surface area contributed by atoms with Crippen LogP contribution in [0.4, 0.5) is 17.3 Å². The topological polar surface area (TPSA) is 119 Å². The molecule has 222 valence electrons. The highest BCUT2D eigenvalue weighted by Gasteiger charge is 2.22. The highest BCUT2D eigenvalue weighted by atomic mass is 16.5. The first kappa shape index (κ1) is 28.4. The first-order chi connectivity index (χ1) is 20.4. The van der Waals surface area contributed by atoms with Crippen LogP contribution in [0.15, 0.2) is 48.9 Å². The van der Waals surface area contributed by atoms with Crippen molar-refractivity contribution in [1.82, 2.24) is 29.6 Å². The molecular weight excluding hydrogens is 526 g/mol. The molecular formula is C32H43N9O. The summed E-state index contributed by atoms with van der Waals surface area (Å²) < 4.78 is 8.18. The summed E-state index contributed by atoms with van der Waals surface area (Å²) in [6.07, 6.45) is 12.4. The largest absolute Gasteiger partial charge is 0.489 e. The number of likely N-dealkylation sites (tertiary alicyclic amines) is 1. The van der Waals surface area contributed by atoms with Gasteiger partial charge < -0.3 is 26.0 Å². The van der Waals surface area contributed by atoms with E-state index in [4.69, 9.17) is 25.4 Å². The number of nitrogens with one attached hydrogen (secondary N) is 2. The Kier molecular flexibility index (Phi) is 8.53. The first-order valence-electron chi connectivity index (χ1n) is 15.3. The summed E-state index contributed by atoms with van der Waals surface area (Å²) in [5.74, 6) is 2.89. The summed E-state index contributed by atoms with van der Waals surface area (Å²) in [7, 11) is 2.16. The molecule has 10 heteroatoms. The average molecular weight is 570 g/mol. The van der Waals surface area contributed by atoms with Crippen LogP contribution in [0.25, 0.3) is 22.3 Å². The third-order valence-corrected chi connectivity index (χ3v) is 8.61. The summed E-state index contributed by atoms with van der Waals surface area (Å²) in [6, 6.07) is 10.7. The molecule has 1 aliphatic carbocycles. The highest BCUT2D eigenvalue weighted by Crippen LogP contribution is 2.33. The molecule has 1 saturated carbocycles. The van der Waals surface area contributed by atoms with Crippen LogP contribution in [0.2, 0.25) is 0 Å². The van der Waals surface area contributed by atoms with E-state index in [1.165, 1.54) is 0 Å². The van der Waals surface area contributed by atoms with E-state index in [0.717, 1.165) is 104 Å². The second-order valence-corrected chi connectivity index (χ2v) is 12.1. The minimum absolute atomic E-state index is 0.224. The predicted octanol–water partition coefficient (Wildman–Crippen LogP) is 5.62.